The van der Waals surface area contributed by atoms with Crippen molar-refractivity contribution < 1.29 is 4.21 Å². The van der Waals surface area contributed by atoms with Crippen LogP contribution in [0, 0.1) is 11.3 Å². The molecule has 1 aromatic carbocycles. The summed E-state index contributed by atoms with van der Waals surface area (Å²) in [7, 11) is -1.14. The fourth-order valence-corrected chi connectivity index (χ4v) is 1.51. The number of anilines is 2. The van der Waals surface area contributed by atoms with E-state index in [-0.39, 0.29) is 0 Å². The topological polar surface area (TPSA) is 78.9 Å². The number of rotatable bonds is 3. The van der Waals surface area contributed by atoms with Gasteiger partial charge in [-0.25, -0.2) is 4.21 Å². The minimum absolute atomic E-state index is 0.409. The van der Waals surface area contributed by atoms with E-state index in [4.69, 9.17) is 11.0 Å². The number of nitrogen functional groups attached to an aromatic ring is 1. The van der Waals surface area contributed by atoms with Crippen molar-refractivity contribution in [3.8, 4) is 6.07 Å². The largest absolute Gasteiger partial charge is 0.399 e. The van der Waals surface area contributed by atoms with Crippen LogP contribution >= 0.6 is 0 Å². The molecule has 0 aromatic heterocycles. The number of nitrogens with two attached hydrogens (primary N) is 1. The Kier molecular flexibility index (Phi) is 3.48. The van der Waals surface area contributed by atoms with Gasteiger partial charge in [-0.05, 0) is 18.2 Å². The number of nitriles is 1. The molecule has 0 saturated heterocycles. The van der Waals surface area contributed by atoms with Crippen LogP contribution in [-0.2, 0) is 11.0 Å². The summed E-state index contributed by atoms with van der Waals surface area (Å²) in [5, 5.41) is 8.78. The van der Waals surface area contributed by atoms with E-state index in [1.807, 2.05) is 6.07 Å². The van der Waals surface area contributed by atoms with Crippen molar-refractivity contribution in [1.82, 2.24) is 0 Å². The first-order valence-electron chi connectivity index (χ1n) is 4.12. The van der Waals surface area contributed by atoms with Crippen LogP contribution in [0.5, 0.6) is 0 Å². The van der Waals surface area contributed by atoms with Crippen molar-refractivity contribution >= 4 is 22.4 Å². The molecule has 0 spiro atoms. The average molecular weight is 209 g/mol. The molecule has 0 amide bonds. The van der Waals surface area contributed by atoms with E-state index in [1.54, 1.807) is 25.1 Å². The quantitative estimate of drug-likeness (QED) is 0.735. The van der Waals surface area contributed by atoms with Gasteiger partial charge < -0.3 is 10.5 Å². The van der Waals surface area contributed by atoms with Crippen molar-refractivity contribution in [3.05, 3.63) is 23.8 Å². The Bertz CT molecular complexity index is 398. The molecule has 14 heavy (non-hydrogen) atoms. The van der Waals surface area contributed by atoms with Crippen molar-refractivity contribution in [1.29, 1.82) is 5.26 Å². The van der Waals surface area contributed by atoms with Gasteiger partial charge in [0.15, 0.2) is 0 Å². The predicted octanol–water partition coefficient (Wildman–Crippen LogP) is 1.24. The van der Waals surface area contributed by atoms with Crippen LogP contribution in [0.25, 0.3) is 0 Å². The second kappa shape index (κ2) is 4.63. The van der Waals surface area contributed by atoms with E-state index in [2.05, 4.69) is 4.72 Å². The standard InChI is InChI=1S/C9H11N3OS/c1-2-14(13)12-9-4-3-8(11)5-7(9)6-10/h3-5,12H,2,11H2,1H3. The summed E-state index contributed by atoms with van der Waals surface area (Å²) in [6.07, 6.45) is 0. The van der Waals surface area contributed by atoms with E-state index in [0.29, 0.717) is 22.7 Å². The Morgan fingerprint density at radius 2 is 2.36 bits per heavy atom. The van der Waals surface area contributed by atoms with Crippen molar-refractivity contribution in [3.63, 3.8) is 0 Å². The number of hydrogen-bond acceptors (Lipinski definition) is 3. The van der Waals surface area contributed by atoms with Gasteiger partial charge in [-0.3, -0.25) is 0 Å². The van der Waals surface area contributed by atoms with Crippen LogP contribution in [0.3, 0.4) is 0 Å². The van der Waals surface area contributed by atoms with E-state index >= 15 is 0 Å². The Hall–Kier alpha value is -1.54. The zero-order valence-corrected chi connectivity index (χ0v) is 8.60. The van der Waals surface area contributed by atoms with E-state index in [0.717, 1.165) is 0 Å². The molecule has 0 fully saturated rings. The summed E-state index contributed by atoms with van der Waals surface area (Å²) in [6.45, 7) is 1.80. The highest BCUT2D eigenvalue weighted by molar-refractivity contribution is 7.86. The predicted molar refractivity (Wildman–Crippen MR) is 57.9 cm³/mol. The van der Waals surface area contributed by atoms with Crippen molar-refractivity contribution in [2.75, 3.05) is 16.2 Å². The first-order chi connectivity index (χ1) is 6.67. The molecular weight excluding hydrogens is 198 g/mol. The highest BCUT2D eigenvalue weighted by Gasteiger charge is 2.03. The average Bonchev–Trinajstić information content (AvgIpc) is 2.20. The van der Waals surface area contributed by atoms with Crippen LogP contribution in [0.1, 0.15) is 12.5 Å². The molecule has 3 N–H and O–H groups in total. The molecule has 0 aliphatic carbocycles. The lowest BCUT2D eigenvalue weighted by molar-refractivity contribution is 0.687. The Labute approximate surface area is 85.3 Å². The van der Waals surface area contributed by atoms with Crippen molar-refractivity contribution in [2.45, 2.75) is 6.92 Å². The van der Waals surface area contributed by atoms with Crippen LogP contribution in [-0.4, -0.2) is 9.96 Å². The highest BCUT2D eigenvalue weighted by Crippen LogP contribution is 2.18. The van der Waals surface area contributed by atoms with Crippen molar-refractivity contribution in [2.24, 2.45) is 0 Å². The molecule has 0 heterocycles. The molecular formula is C9H11N3OS. The molecule has 0 aliphatic heterocycles. The monoisotopic (exact) mass is 209 g/mol. The normalized spacial score (nSPS) is 11.7. The number of nitrogens with zero attached hydrogens (tertiary/aromatic N) is 1. The molecule has 1 aromatic rings. The Morgan fingerprint density at radius 3 is 2.93 bits per heavy atom. The number of benzene rings is 1. The van der Waals surface area contributed by atoms with E-state index < -0.39 is 11.0 Å². The van der Waals surface area contributed by atoms with Gasteiger partial charge in [0.25, 0.3) is 0 Å². The Morgan fingerprint density at radius 1 is 1.64 bits per heavy atom. The molecule has 1 atom stereocenters. The molecule has 5 heteroatoms. The number of nitrogens with one attached hydrogen (secondary N) is 1. The van der Waals surface area contributed by atoms with Crippen LogP contribution in [0.4, 0.5) is 11.4 Å². The molecule has 4 nitrogen and oxygen atoms in total. The summed E-state index contributed by atoms with van der Waals surface area (Å²) in [5.74, 6) is 0.495. The van der Waals surface area contributed by atoms with Gasteiger partial charge in [-0.1, -0.05) is 6.92 Å². The molecule has 1 rings (SSSR count). The lowest BCUT2D eigenvalue weighted by atomic mass is 10.2. The Balaban J connectivity index is 2.98. The fraction of sp³-hybridized carbons (Fsp3) is 0.222. The fourth-order valence-electron chi connectivity index (χ4n) is 0.938. The van der Waals surface area contributed by atoms with Gasteiger partial charge in [0.1, 0.15) is 17.1 Å². The van der Waals surface area contributed by atoms with E-state index in [1.165, 1.54) is 0 Å². The zero-order chi connectivity index (χ0) is 10.6. The van der Waals surface area contributed by atoms with Gasteiger partial charge in [0.2, 0.25) is 0 Å². The van der Waals surface area contributed by atoms with Gasteiger partial charge >= 0.3 is 0 Å². The third-order valence-electron chi connectivity index (χ3n) is 1.65. The van der Waals surface area contributed by atoms with Gasteiger partial charge in [0.05, 0.1) is 11.3 Å². The third-order valence-corrected chi connectivity index (χ3v) is 2.62. The molecule has 74 valence electrons. The second-order valence-corrected chi connectivity index (χ2v) is 4.13. The SMILES string of the molecule is CCS(=O)Nc1ccc(N)cc1C#N. The summed E-state index contributed by atoms with van der Waals surface area (Å²) in [5.41, 5.74) is 7.00. The zero-order valence-electron chi connectivity index (χ0n) is 7.78. The smallest absolute Gasteiger partial charge is 0.116 e. The maximum absolute atomic E-state index is 11.2. The second-order valence-electron chi connectivity index (χ2n) is 2.65. The number of hydrogen-bond donors (Lipinski definition) is 2. The molecule has 0 bridgehead atoms. The third kappa shape index (κ3) is 2.47. The summed E-state index contributed by atoms with van der Waals surface area (Å²) >= 11 is 0. The molecule has 0 aliphatic rings. The van der Waals surface area contributed by atoms with Gasteiger partial charge in [-0.15, -0.1) is 0 Å². The molecule has 0 radical (unpaired) electrons. The minimum atomic E-state index is -1.14. The summed E-state index contributed by atoms with van der Waals surface area (Å²) in [6, 6.07) is 6.86. The van der Waals surface area contributed by atoms with Crippen LogP contribution in [0.2, 0.25) is 0 Å². The van der Waals surface area contributed by atoms with Crippen LogP contribution < -0.4 is 10.5 Å². The van der Waals surface area contributed by atoms with Gasteiger partial charge in [-0.2, -0.15) is 5.26 Å². The first kappa shape index (κ1) is 10.5. The minimum Gasteiger partial charge on any atom is -0.399 e. The summed E-state index contributed by atoms with van der Waals surface area (Å²) < 4.78 is 13.9. The molecule has 1 unspecified atom stereocenters. The van der Waals surface area contributed by atoms with E-state index in [9.17, 15) is 4.21 Å². The summed E-state index contributed by atoms with van der Waals surface area (Å²) in [4.78, 5) is 0. The van der Waals surface area contributed by atoms with Crippen LogP contribution in [0.15, 0.2) is 18.2 Å². The maximum atomic E-state index is 11.2. The lowest BCUT2D eigenvalue weighted by Gasteiger charge is -2.06. The highest BCUT2D eigenvalue weighted by atomic mass is 32.2. The maximum Gasteiger partial charge on any atom is 0.116 e. The van der Waals surface area contributed by atoms with Gasteiger partial charge in [0, 0.05) is 11.4 Å². The molecule has 0 saturated carbocycles. The first-order valence-corrected chi connectivity index (χ1v) is 5.44. The lowest BCUT2D eigenvalue weighted by Crippen LogP contribution is -2.07.